The molecule has 0 bridgehead atoms. The number of nitriles is 1. The first-order valence-corrected chi connectivity index (χ1v) is 3.02. The highest BCUT2D eigenvalue weighted by atomic mass is 19.3. The Kier molecular flexibility index (Phi) is 3.30. The molecule has 1 nitrogen and oxygen atoms in total. The van der Waals surface area contributed by atoms with E-state index in [2.05, 4.69) is 0 Å². The Balaban J connectivity index is 4.40. The van der Waals surface area contributed by atoms with Crippen molar-refractivity contribution in [3.05, 3.63) is 0 Å². The molecule has 0 saturated heterocycles. The van der Waals surface area contributed by atoms with Crippen molar-refractivity contribution >= 4 is 0 Å². The summed E-state index contributed by atoms with van der Waals surface area (Å²) < 4.78 is 47.5. The van der Waals surface area contributed by atoms with Gasteiger partial charge in [0.2, 0.25) is 0 Å². The van der Waals surface area contributed by atoms with Gasteiger partial charge in [-0.1, -0.05) is 6.92 Å². The van der Waals surface area contributed by atoms with Gasteiger partial charge in [0.1, 0.15) is 5.92 Å². The van der Waals surface area contributed by atoms with E-state index in [1.165, 1.54) is 6.92 Å². The molecule has 0 N–H and O–H groups in total. The van der Waals surface area contributed by atoms with Crippen molar-refractivity contribution in [3.63, 3.8) is 0 Å². The minimum absolute atomic E-state index is 0.270. The summed E-state index contributed by atoms with van der Waals surface area (Å²) in [4.78, 5) is 0. The standard InChI is InChI=1S/C6H7F4N/c1-2-4(3-11)6(9,10)5(7)8/h4-5H,2H2,1H3. The van der Waals surface area contributed by atoms with Gasteiger partial charge in [-0.15, -0.1) is 0 Å². The molecule has 0 heterocycles. The lowest BCUT2D eigenvalue weighted by atomic mass is 10.0. The molecule has 1 atom stereocenters. The number of nitrogens with zero attached hydrogens (tertiary/aromatic N) is 1. The summed E-state index contributed by atoms with van der Waals surface area (Å²) in [6.07, 6.45) is -4.03. The van der Waals surface area contributed by atoms with Gasteiger partial charge in [-0.3, -0.25) is 0 Å². The molecule has 1 unspecified atom stereocenters. The lowest BCUT2D eigenvalue weighted by Crippen LogP contribution is -2.34. The molecule has 11 heavy (non-hydrogen) atoms. The Morgan fingerprint density at radius 1 is 1.45 bits per heavy atom. The topological polar surface area (TPSA) is 23.8 Å². The second-order valence-corrected chi connectivity index (χ2v) is 2.07. The Bertz CT molecular complexity index is 160. The van der Waals surface area contributed by atoms with Crippen LogP contribution in [0.15, 0.2) is 0 Å². The Morgan fingerprint density at radius 2 is 1.91 bits per heavy atom. The monoisotopic (exact) mass is 169 g/mol. The van der Waals surface area contributed by atoms with Gasteiger partial charge in [-0.25, -0.2) is 8.78 Å². The third kappa shape index (κ3) is 2.07. The summed E-state index contributed by atoms with van der Waals surface area (Å²) in [6.45, 7) is 1.27. The second-order valence-electron chi connectivity index (χ2n) is 2.07. The summed E-state index contributed by atoms with van der Waals surface area (Å²) in [5, 5.41) is 8.05. The molecule has 0 rings (SSSR count). The fraction of sp³-hybridized carbons (Fsp3) is 0.833. The zero-order valence-electron chi connectivity index (χ0n) is 5.82. The number of alkyl halides is 4. The van der Waals surface area contributed by atoms with Gasteiger partial charge >= 0.3 is 12.3 Å². The average Bonchev–Trinajstić information content (AvgIpc) is 1.89. The van der Waals surface area contributed by atoms with E-state index < -0.39 is 18.3 Å². The van der Waals surface area contributed by atoms with Crippen LogP contribution in [-0.2, 0) is 0 Å². The van der Waals surface area contributed by atoms with Crippen molar-refractivity contribution in [2.75, 3.05) is 0 Å². The van der Waals surface area contributed by atoms with Gasteiger partial charge in [-0.05, 0) is 6.42 Å². The van der Waals surface area contributed by atoms with E-state index in [0.717, 1.165) is 6.07 Å². The number of halogens is 4. The number of rotatable bonds is 3. The van der Waals surface area contributed by atoms with Gasteiger partial charge in [0.25, 0.3) is 0 Å². The zero-order chi connectivity index (χ0) is 9.07. The molecular weight excluding hydrogens is 162 g/mol. The Hall–Kier alpha value is -0.790. The smallest absolute Gasteiger partial charge is 0.204 e. The minimum atomic E-state index is -4.18. The van der Waals surface area contributed by atoms with Gasteiger partial charge < -0.3 is 0 Å². The van der Waals surface area contributed by atoms with E-state index >= 15 is 0 Å². The van der Waals surface area contributed by atoms with Gasteiger partial charge in [0, 0.05) is 0 Å². The maximum absolute atomic E-state index is 12.2. The van der Waals surface area contributed by atoms with E-state index in [1.54, 1.807) is 0 Å². The van der Waals surface area contributed by atoms with Gasteiger partial charge in [0.05, 0.1) is 6.07 Å². The van der Waals surface area contributed by atoms with Crippen LogP contribution < -0.4 is 0 Å². The molecule has 0 aliphatic heterocycles. The van der Waals surface area contributed by atoms with Crippen molar-refractivity contribution < 1.29 is 17.6 Å². The molecule has 64 valence electrons. The molecule has 0 aliphatic rings. The van der Waals surface area contributed by atoms with Crippen molar-refractivity contribution in [2.45, 2.75) is 25.7 Å². The third-order valence-electron chi connectivity index (χ3n) is 1.32. The molecule has 5 heteroatoms. The predicted molar refractivity (Wildman–Crippen MR) is 30.3 cm³/mol. The molecule has 0 amide bonds. The van der Waals surface area contributed by atoms with Crippen LogP contribution in [0.2, 0.25) is 0 Å². The molecule has 0 aromatic heterocycles. The van der Waals surface area contributed by atoms with Crippen molar-refractivity contribution in [1.82, 2.24) is 0 Å². The summed E-state index contributed by atoms with van der Waals surface area (Å²) >= 11 is 0. The molecule has 0 aromatic rings. The Morgan fingerprint density at radius 3 is 2.00 bits per heavy atom. The van der Waals surface area contributed by atoms with Crippen LogP contribution in [0.5, 0.6) is 0 Å². The maximum Gasteiger partial charge on any atom is 0.322 e. The molecule has 0 fully saturated rings. The zero-order valence-corrected chi connectivity index (χ0v) is 5.82. The Labute approximate surface area is 61.6 Å². The fourth-order valence-corrected chi connectivity index (χ4v) is 0.602. The van der Waals surface area contributed by atoms with Crippen LogP contribution in [-0.4, -0.2) is 12.3 Å². The van der Waals surface area contributed by atoms with Crippen LogP contribution in [0, 0.1) is 17.2 Å². The van der Waals surface area contributed by atoms with Crippen molar-refractivity contribution in [3.8, 4) is 6.07 Å². The van der Waals surface area contributed by atoms with E-state index in [0.29, 0.717) is 0 Å². The predicted octanol–water partition coefficient (Wildman–Crippen LogP) is 2.44. The SMILES string of the molecule is CCC(C#N)C(F)(F)C(F)F. The van der Waals surface area contributed by atoms with Gasteiger partial charge in [0.15, 0.2) is 0 Å². The highest BCUT2D eigenvalue weighted by Gasteiger charge is 2.47. The highest BCUT2D eigenvalue weighted by molar-refractivity contribution is 4.93. The highest BCUT2D eigenvalue weighted by Crippen LogP contribution is 2.32. The lowest BCUT2D eigenvalue weighted by molar-refractivity contribution is -0.152. The number of hydrogen-bond acceptors (Lipinski definition) is 1. The minimum Gasteiger partial charge on any atom is -0.204 e. The van der Waals surface area contributed by atoms with E-state index in [-0.39, 0.29) is 6.42 Å². The average molecular weight is 169 g/mol. The largest absolute Gasteiger partial charge is 0.322 e. The summed E-state index contributed by atoms with van der Waals surface area (Å²) in [6, 6.07) is 1.14. The maximum atomic E-state index is 12.2. The lowest BCUT2D eigenvalue weighted by Gasteiger charge is -2.18. The molecule has 0 radical (unpaired) electrons. The summed E-state index contributed by atoms with van der Waals surface area (Å²) in [5.41, 5.74) is 0. The summed E-state index contributed by atoms with van der Waals surface area (Å²) in [5.74, 6) is -6.06. The fourth-order valence-electron chi connectivity index (χ4n) is 0.602. The van der Waals surface area contributed by atoms with E-state index in [1.807, 2.05) is 0 Å². The molecular formula is C6H7F4N. The van der Waals surface area contributed by atoms with E-state index in [9.17, 15) is 17.6 Å². The van der Waals surface area contributed by atoms with Crippen molar-refractivity contribution in [2.24, 2.45) is 5.92 Å². The van der Waals surface area contributed by atoms with E-state index in [4.69, 9.17) is 5.26 Å². The number of hydrogen-bond donors (Lipinski definition) is 0. The molecule has 0 aliphatic carbocycles. The van der Waals surface area contributed by atoms with Crippen LogP contribution in [0.25, 0.3) is 0 Å². The van der Waals surface area contributed by atoms with Gasteiger partial charge in [-0.2, -0.15) is 14.0 Å². The summed E-state index contributed by atoms with van der Waals surface area (Å²) in [7, 11) is 0. The third-order valence-corrected chi connectivity index (χ3v) is 1.32. The second kappa shape index (κ2) is 3.56. The van der Waals surface area contributed by atoms with Crippen LogP contribution in [0.4, 0.5) is 17.6 Å². The normalized spacial score (nSPS) is 14.6. The quantitative estimate of drug-likeness (QED) is 0.595. The van der Waals surface area contributed by atoms with Crippen LogP contribution >= 0.6 is 0 Å². The molecule has 0 aromatic carbocycles. The van der Waals surface area contributed by atoms with Crippen LogP contribution in [0.3, 0.4) is 0 Å². The first-order chi connectivity index (χ1) is 4.96. The first kappa shape index (κ1) is 10.2. The molecule has 0 spiro atoms. The van der Waals surface area contributed by atoms with Crippen molar-refractivity contribution in [1.29, 1.82) is 5.26 Å². The van der Waals surface area contributed by atoms with Crippen LogP contribution in [0.1, 0.15) is 13.3 Å². The first-order valence-electron chi connectivity index (χ1n) is 3.02. The molecule has 0 saturated carbocycles.